The fourth-order valence-corrected chi connectivity index (χ4v) is 2.11. The summed E-state index contributed by atoms with van der Waals surface area (Å²) in [6.45, 7) is 9.42. The van der Waals surface area contributed by atoms with Gasteiger partial charge in [0.1, 0.15) is 0 Å². The van der Waals surface area contributed by atoms with Crippen LogP contribution in [0.1, 0.15) is 12.5 Å². The maximum absolute atomic E-state index is 5.77. The summed E-state index contributed by atoms with van der Waals surface area (Å²) in [5.41, 5.74) is 1.43. The van der Waals surface area contributed by atoms with Crippen molar-refractivity contribution in [2.45, 2.75) is 13.5 Å². The first-order chi connectivity index (χ1) is 8.80. The summed E-state index contributed by atoms with van der Waals surface area (Å²) in [7, 11) is 0. The Labute approximate surface area is 115 Å². The van der Waals surface area contributed by atoms with Crippen molar-refractivity contribution in [1.29, 1.82) is 5.41 Å². The van der Waals surface area contributed by atoms with Crippen LogP contribution in [0, 0.1) is 5.41 Å². The second kappa shape index (κ2) is 8.95. The molecule has 0 bridgehead atoms. The number of hydrogen-bond acceptors (Lipinski definition) is 4. The molecule has 1 aromatic rings. The van der Waals surface area contributed by atoms with Crippen molar-refractivity contribution in [1.82, 2.24) is 9.80 Å². The van der Waals surface area contributed by atoms with E-state index in [0.717, 1.165) is 6.54 Å². The van der Waals surface area contributed by atoms with E-state index >= 15 is 0 Å². The normalized spacial score (nSPS) is 16.5. The van der Waals surface area contributed by atoms with E-state index in [1.807, 2.05) is 0 Å². The molecule has 0 radical (unpaired) electrons. The molecule has 1 heterocycles. The summed E-state index contributed by atoms with van der Waals surface area (Å²) in [5.74, 6) is 0. The second-order valence-corrected chi connectivity index (χ2v) is 4.50. The van der Waals surface area contributed by atoms with Crippen LogP contribution in [-0.4, -0.2) is 47.7 Å². The van der Waals surface area contributed by atoms with Crippen LogP contribution in [0.3, 0.4) is 0 Å². The third-order valence-electron chi connectivity index (χ3n) is 3.16. The van der Waals surface area contributed by atoms with Crippen molar-refractivity contribution in [2.24, 2.45) is 0 Å². The maximum atomic E-state index is 5.77. The molecule has 4 heteroatoms. The lowest BCUT2D eigenvalue weighted by atomic mass is 10.2. The SMILES string of the molecule is CCN1CCN(Cc2ccccc2)CC1.N=C=S. The molecule has 0 amide bonds. The molecule has 3 nitrogen and oxygen atoms in total. The Morgan fingerprint density at radius 2 is 1.61 bits per heavy atom. The summed E-state index contributed by atoms with van der Waals surface area (Å²) in [6.07, 6.45) is 0. The Morgan fingerprint density at radius 3 is 2.11 bits per heavy atom. The minimum Gasteiger partial charge on any atom is -0.301 e. The molecule has 1 fully saturated rings. The zero-order chi connectivity index (χ0) is 13.2. The van der Waals surface area contributed by atoms with E-state index in [4.69, 9.17) is 5.41 Å². The molecule has 0 spiro atoms. The van der Waals surface area contributed by atoms with Crippen molar-refractivity contribution in [3.05, 3.63) is 35.9 Å². The van der Waals surface area contributed by atoms with Crippen LogP contribution < -0.4 is 0 Å². The van der Waals surface area contributed by atoms with Crippen LogP contribution >= 0.6 is 12.2 Å². The molecule has 1 N–H and O–H groups in total. The smallest absolute Gasteiger partial charge is 0.0554 e. The van der Waals surface area contributed by atoms with E-state index in [2.05, 4.69) is 59.3 Å². The lowest BCUT2D eigenvalue weighted by molar-refractivity contribution is 0.132. The number of benzene rings is 1. The summed E-state index contributed by atoms with van der Waals surface area (Å²) in [6, 6.07) is 10.8. The van der Waals surface area contributed by atoms with E-state index in [-0.39, 0.29) is 0 Å². The van der Waals surface area contributed by atoms with Gasteiger partial charge < -0.3 is 4.90 Å². The van der Waals surface area contributed by atoms with Gasteiger partial charge in [0.2, 0.25) is 0 Å². The van der Waals surface area contributed by atoms with E-state index in [1.165, 1.54) is 38.3 Å². The Bertz CT molecular complexity index is 353. The molecular weight excluding hydrogens is 242 g/mol. The zero-order valence-corrected chi connectivity index (χ0v) is 11.7. The number of nitrogens with one attached hydrogen (secondary N) is 1. The Kier molecular flexibility index (Phi) is 7.46. The molecular formula is C14H21N3S. The summed E-state index contributed by atoms with van der Waals surface area (Å²) in [5, 5.41) is 7.36. The first-order valence-corrected chi connectivity index (χ1v) is 6.73. The van der Waals surface area contributed by atoms with Crippen LogP contribution in [0.15, 0.2) is 30.3 Å². The van der Waals surface area contributed by atoms with Gasteiger partial charge in [-0.2, -0.15) is 0 Å². The Hall–Kier alpha value is -1.06. The number of likely N-dealkylation sites (N-methyl/N-ethyl adjacent to an activating group) is 1. The van der Waals surface area contributed by atoms with Crippen LogP contribution in [0.25, 0.3) is 0 Å². The summed E-state index contributed by atoms with van der Waals surface area (Å²) >= 11 is 3.81. The highest BCUT2D eigenvalue weighted by Crippen LogP contribution is 2.07. The average Bonchev–Trinajstić information content (AvgIpc) is 2.42. The van der Waals surface area contributed by atoms with Gasteiger partial charge in [-0.05, 0) is 24.3 Å². The van der Waals surface area contributed by atoms with Crippen LogP contribution in [-0.2, 0) is 6.54 Å². The predicted molar refractivity (Wildman–Crippen MR) is 79.2 cm³/mol. The molecule has 1 aromatic carbocycles. The van der Waals surface area contributed by atoms with Crippen LogP contribution in [0.4, 0.5) is 0 Å². The van der Waals surface area contributed by atoms with Crippen LogP contribution in [0.2, 0.25) is 0 Å². The third kappa shape index (κ3) is 5.52. The summed E-state index contributed by atoms with van der Waals surface area (Å²) < 4.78 is 0. The topological polar surface area (TPSA) is 30.3 Å². The Morgan fingerprint density at radius 1 is 1.11 bits per heavy atom. The molecule has 1 aliphatic rings. The largest absolute Gasteiger partial charge is 0.301 e. The highest BCUT2D eigenvalue weighted by atomic mass is 32.1. The van der Waals surface area contributed by atoms with Crippen molar-refractivity contribution < 1.29 is 0 Å². The lowest BCUT2D eigenvalue weighted by Crippen LogP contribution is -2.45. The first-order valence-electron chi connectivity index (χ1n) is 6.32. The van der Waals surface area contributed by atoms with Gasteiger partial charge in [-0.25, -0.2) is 5.41 Å². The maximum Gasteiger partial charge on any atom is 0.0554 e. The number of piperazine rings is 1. The highest BCUT2D eigenvalue weighted by Gasteiger charge is 2.14. The standard InChI is InChI=1S/C13H20N2.CHNS/c1-2-14-8-10-15(11-9-14)12-13-6-4-3-5-7-13;2-1-3/h3-7H,2,8-12H2,1H3;2H. The van der Waals surface area contributed by atoms with Gasteiger partial charge in [-0.15, -0.1) is 0 Å². The molecule has 1 aliphatic heterocycles. The van der Waals surface area contributed by atoms with E-state index in [1.54, 1.807) is 5.16 Å². The number of rotatable bonds is 3. The summed E-state index contributed by atoms with van der Waals surface area (Å²) in [4.78, 5) is 5.06. The predicted octanol–water partition coefficient (Wildman–Crippen LogP) is 2.49. The van der Waals surface area contributed by atoms with Gasteiger partial charge in [0.05, 0.1) is 5.16 Å². The minimum absolute atomic E-state index is 1.11. The molecule has 1 saturated heterocycles. The fourth-order valence-electron chi connectivity index (χ4n) is 2.11. The van der Waals surface area contributed by atoms with Crippen LogP contribution in [0.5, 0.6) is 0 Å². The number of isothiocyanates is 1. The van der Waals surface area contributed by atoms with E-state index < -0.39 is 0 Å². The molecule has 0 aliphatic carbocycles. The van der Waals surface area contributed by atoms with E-state index in [0.29, 0.717) is 0 Å². The van der Waals surface area contributed by atoms with Crippen molar-refractivity contribution >= 4 is 17.4 Å². The van der Waals surface area contributed by atoms with E-state index in [9.17, 15) is 0 Å². The lowest BCUT2D eigenvalue weighted by Gasteiger charge is -2.34. The number of nitrogens with zero attached hydrogens (tertiary/aromatic N) is 2. The molecule has 98 valence electrons. The Balaban J connectivity index is 0.000000492. The molecule has 18 heavy (non-hydrogen) atoms. The van der Waals surface area contributed by atoms with Gasteiger partial charge in [-0.3, -0.25) is 4.90 Å². The van der Waals surface area contributed by atoms with Crippen molar-refractivity contribution in [3.8, 4) is 0 Å². The zero-order valence-electron chi connectivity index (χ0n) is 10.9. The molecule has 2 rings (SSSR count). The number of hydrogen-bond donors (Lipinski definition) is 1. The quantitative estimate of drug-likeness (QED) is 0.671. The first kappa shape index (κ1) is 15.0. The highest BCUT2D eigenvalue weighted by molar-refractivity contribution is 7.78. The minimum atomic E-state index is 1.11. The van der Waals surface area contributed by atoms with Gasteiger partial charge in [0, 0.05) is 32.7 Å². The van der Waals surface area contributed by atoms with Gasteiger partial charge in [0.15, 0.2) is 0 Å². The monoisotopic (exact) mass is 263 g/mol. The van der Waals surface area contributed by atoms with Gasteiger partial charge in [0.25, 0.3) is 0 Å². The molecule has 0 saturated carbocycles. The molecule has 0 unspecified atom stereocenters. The van der Waals surface area contributed by atoms with Crippen molar-refractivity contribution in [2.75, 3.05) is 32.7 Å². The molecule has 0 aromatic heterocycles. The molecule has 0 atom stereocenters. The van der Waals surface area contributed by atoms with Gasteiger partial charge >= 0.3 is 0 Å². The number of thiocarbonyl (C=S) groups is 1. The fraction of sp³-hybridized carbons (Fsp3) is 0.500. The third-order valence-corrected chi connectivity index (χ3v) is 3.16. The average molecular weight is 263 g/mol. The second-order valence-electron chi connectivity index (χ2n) is 4.30. The van der Waals surface area contributed by atoms with Gasteiger partial charge in [-0.1, -0.05) is 37.3 Å². The van der Waals surface area contributed by atoms with Crippen molar-refractivity contribution in [3.63, 3.8) is 0 Å².